The lowest BCUT2D eigenvalue weighted by Crippen LogP contribution is -2.46. The lowest BCUT2D eigenvalue weighted by Gasteiger charge is -2.29. The summed E-state index contributed by atoms with van der Waals surface area (Å²) in [6.45, 7) is 1.50. The van der Waals surface area contributed by atoms with Crippen molar-refractivity contribution in [1.82, 2.24) is 4.90 Å². The molecule has 0 aromatic carbocycles. The van der Waals surface area contributed by atoms with E-state index in [1.165, 1.54) is 4.90 Å². The Bertz CT molecular complexity index is 426. The number of hydrogen-bond acceptors (Lipinski definition) is 5. The molecule has 2 atom stereocenters. The van der Waals surface area contributed by atoms with E-state index in [0.717, 1.165) is 0 Å². The molecule has 2 unspecified atom stereocenters. The van der Waals surface area contributed by atoms with Gasteiger partial charge in [0.25, 0.3) is 0 Å². The second kappa shape index (κ2) is 5.47. The first-order valence-electron chi connectivity index (χ1n) is 5.47. The second-order valence-electron chi connectivity index (χ2n) is 4.18. The molecule has 1 heterocycles. The van der Waals surface area contributed by atoms with Gasteiger partial charge in [-0.3, -0.25) is 9.69 Å². The van der Waals surface area contributed by atoms with Gasteiger partial charge in [0, 0.05) is 6.04 Å². The molecule has 1 aliphatic heterocycles. The third-order valence-corrected chi connectivity index (χ3v) is 4.68. The zero-order chi connectivity index (χ0) is 13.1. The van der Waals surface area contributed by atoms with Crippen molar-refractivity contribution >= 4 is 15.8 Å². The normalized spacial score (nSPS) is 24.4. The van der Waals surface area contributed by atoms with Crippen LogP contribution >= 0.6 is 0 Å². The minimum atomic E-state index is -3.07. The van der Waals surface area contributed by atoms with E-state index >= 15 is 0 Å². The van der Waals surface area contributed by atoms with Gasteiger partial charge >= 0.3 is 5.97 Å². The van der Waals surface area contributed by atoms with Gasteiger partial charge in [-0.15, -0.1) is 0 Å². The van der Waals surface area contributed by atoms with E-state index in [1.54, 1.807) is 6.92 Å². The molecule has 1 saturated heterocycles. The van der Waals surface area contributed by atoms with Crippen molar-refractivity contribution in [2.45, 2.75) is 31.8 Å². The van der Waals surface area contributed by atoms with Crippen LogP contribution in [0.3, 0.4) is 0 Å². The summed E-state index contributed by atoms with van der Waals surface area (Å²) in [6.07, 6.45) is 0.897. The summed E-state index contributed by atoms with van der Waals surface area (Å²) >= 11 is 0. The van der Waals surface area contributed by atoms with Crippen LogP contribution in [0.2, 0.25) is 0 Å². The van der Waals surface area contributed by atoms with Crippen LogP contribution in [-0.4, -0.2) is 54.5 Å². The first-order valence-corrected chi connectivity index (χ1v) is 7.29. The third-order valence-electron chi connectivity index (χ3n) is 2.93. The summed E-state index contributed by atoms with van der Waals surface area (Å²) in [5.41, 5.74) is 0. The maximum Gasteiger partial charge on any atom is 0.317 e. The van der Waals surface area contributed by atoms with Crippen LogP contribution < -0.4 is 0 Å². The fraction of sp³-hybridized carbons (Fsp3) is 0.800. The molecule has 0 radical (unpaired) electrons. The second-order valence-corrected chi connectivity index (χ2v) is 6.40. The van der Waals surface area contributed by atoms with Crippen molar-refractivity contribution in [2.75, 3.05) is 18.1 Å². The molecule has 0 spiro atoms. The first-order chi connectivity index (χ1) is 7.89. The van der Waals surface area contributed by atoms with Gasteiger partial charge in [0.15, 0.2) is 9.84 Å². The molecule has 0 aromatic rings. The highest BCUT2D eigenvalue weighted by Crippen LogP contribution is 2.20. The van der Waals surface area contributed by atoms with Gasteiger partial charge in [-0.25, -0.2) is 8.42 Å². The van der Waals surface area contributed by atoms with Crippen molar-refractivity contribution in [3.8, 4) is 6.07 Å². The first kappa shape index (κ1) is 13.9. The van der Waals surface area contributed by atoms with Crippen molar-refractivity contribution < 1.29 is 18.3 Å². The topological polar surface area (TPSA) is 98.5 Å². The molecule has 1 N–H and O–H groups in total. The molecule has 7 heteroatoms. The van der Waals surface area contributed by atoms with E-state index < -0.39 is 21.8 Å². The van der Waals surface area contributed by atoms with E-state index in [2.05, 4.69) is 0 Å². The zero-order valence-corrected chi connectivity index (χ0v) is 10.5. The number of sulfone groups is 1. The Labute approximate surface area is 101 Å². The maximum atomic E-state index is 11.4. The minimum absolute atomic E-state index is 0.0432. The number of carboxylic acid groups (broad SMARTS) is 1. The molecule has 0 aromatic heterocycles. The van der Waals surface area contributed by atoms with Gasteiger partial charge < -0.3 is 5.11 Å². The van der Waals surface area contributed by atoms with Gasteiger partial charge in [-0.1, -0.05) is 6.92 Å². The van der Waals surface area contributed by atoms with Crippen molar-refractivity contribution in [3.63, 3.8) is 0 Å². The van der Waals surface area contributed by atoms with Gasteiger partial charge in [-0.05, 0) is 12.8 Å². The number of carbonyl (C=O) groups is 1. The van der Waals surface area contributed by atoms with Gasteiger partial charge in [0.2, 0.25) is 0 Å². The number of nitrogens with zero attached hydrogens (tertiary/aromatic N) is 2. The van der Waals surface area contributed by atoms with Crippen LogP contribution in [-0.2, 0) is 14.6 Å². The molecule has 1 aliphatic rings. The van der Waals surface area contributed by atoms with Crippen LogP contribution in [0.1, 0.15) is 19.8 Å². The fourth-order valence-corrected chi connectivity index (χ4v) is 3.83. The summed E-state index contributed by atoms with van der Waals surface area (Å²) in [5.74, 6) is -1.00. The number of rotatable bonds is 5. The van der Waals surface area contributed by atoms with Crippen molar-refractivity contribution in [3.05, 3.63) is 0 Å². The Balaban J connectivity index is 2.84. The van der Waals surface area contributed by atoms with Crippen LogP contribution in [0.15, 0.2) is 0 Å². The summed E-state index contributed by atoms with van der Waals surface area (Å²) in [7, 11) is -3.07. The zero-order valence-electron chi connectivity index (χ0n) is 9.66. The number of carboxylic acids is 1. The Kier molecular flexibility index (Phi) is 4.48. The van der Waals surface area contributed by atoms with Crippen LogP contribution in [0.4, 0.5) is 0 Å². The molecule has 1 fully saturated rings. The summed E-state index contributed by atoms with van der Waals surface area (Å²) < 4.78 is 22.7. The molecular weight excluding hydrogens is 244 g/mol. The lowest BCUT2D eigenvalue weighted by molar-refractivity contribution is -0.139. The molecule has 0 aliphatic carbocycles. The molecule has 6 nitrogen and oxygen atoms in total. The average molecular weight is 260 g/mol. The SMILES string of the molecule is CCC(C#N)N(CC(=O)O)C1CCS(=O)(=O)C1. The molecular formula is C10H16N2O4S. The lowest BCUT2D eigenvalue weighted by atomic mass is 10.1. The van der Waals surface area contributed by atoms with E-state index in [-0.39, 0.29) is 24.1 Å². The van der Waals surface area contributed by atoms with Gasteiger partial charge in [0.1, 0.15) is 0 Å². The quantitative estimate of drug-likeness (QED) is 0.739. The highest BCUT2D eigenvalue weighted by Gasteiger charge is 2.36. The van der Waals surface area contributed by atoms with E-state index in [1.807, 2.05) is 6.07 Å². The Morgan fingerprint density at radius 3 is 2.65 bits per heavy atom. The number of nitriles is 1. The number of hydrogen-bond donors (Lipinski definition) is 1. The largest absolute Gasteiger partial charge is 0.480 e. The smallest absolute Gasteiger partial charge is 0.317 e. The average Bonchev–Trinajstić information content (AvgIpc) is 2.58. The predicted octanol–water partition coefficient (Wildman–Crippen LogP) is -0.138. The van der Waals surface area contributed by atoms with E-state index in [9.17, 15) is 13.2 Å². The van der Waals surface area contributed by atoms with Gasteiger partial charge in [-0.2, -0.15) is 5.26 Å². The van der Waals surface area contributed by atoms with Crippen LogP contribution in [0.5, 0.6) is 0 Å². The van der Waals surface area contributed by atoms with Crippen molar-refractivity contribution in [1.29, 1.82) is 5.26 Å². The van der Waals surface area contributed by atoms with Crippen LogP contribution in [0, 0.1) is 11.3 Å². The van der Waals surface area contributed by atoms with Crippen LogP contribution in [0.25, 0.3) is 0 Å². The summed E-state index contributed by atoms with van der Waals surface area (Å²) in [4.78, 5) is 12.3. The fourth-order valence-electron chi connectivity index (χ4n) is 2.09. The highest BCUT2D eigenvalue weighted by atomic mass is 32.2. The van der Waals surface area contributed by atoms with Crippen molar-refractivity contribution in [2.24, 2.45) is 0 Å². The van der Waals surface area contributed by atoms with Gasteiger partial charge in [0.05, 0.1) is 30.2 Å². The molecule has 0 bridgehead atoms. The Morgan fingerprint density at radius 2 is 2.29 bits per heavy atom. The summed E-state index contributed by atoms with van der Waals surface area (Å²) in [5, 5.41) is 17.8. The van der Waals surface area contributed by atoms with E-state index in [0.29, 0.717) is 12.8 Å². The monoisotopic (exact) mass is 260 g/mol. The summed E-state index contributed by atoms with van der Waals surface area (Å²) in [6, 6.07) is 1.15. The molecule has 17 heavy (non-hydrogen) atoms. The third kappa shape index (κ3) is 3.68. The molecule has 0 amide bonds. The van der Waals surface area contributed by atoms with E-state index in [4.69, 9.17) is 10.4 Å². The highest BCUT2D eigenvalue weighted by molar-refractivity contribution is 7.91. The standard InChI is InChI=1S/C10H16N2O4S/c1-2-8(5-11)12(6-10(13)14)9-3-4-17(15,16)7-9/h8-9H,2-4,6-7H2,1H3,(H,13,14). The minimum Gasteiger partial charge on any atom is -0.480 e. The number of aliphatic carboxylic acids is 1. The maximum absolute atomic E-state index is 11.4. The molecule has 1 rings (SSSR count). The predicted molar refractivity (Wildman–Crippen MR) is 61.1 cm³/mol. The molecule has 96 valence electrons. The Hall–Kier alpha value is -1.13. The molecule has 0 saturated carbocycles. The Morgan fingerprint density at radius 1 is 1.65 bits per heavy atom.